The standard InChI is InChI=1S/C22H16N11O19P/c23-20-15-21(25-6-24-20)27(7-26-15)22-19(52-17-12(32(42)43)3-9(29(36)37)4-13(17)33(44)45)18(14(50-22)5-49-53(46,47)48)51-16-10(30(38)39)1-8(28(34)35)2-11(16)31(40)41/h1-4,6-7,14,18-19,22H,5H2,(H2,23,24,25)(H2,46,47,48)/t14-,18-,19-,22-/m1/s1. The molecule has 0 bridgehead atoms. The molecule has 53 heavy (non-hydrogen) atoms. The first-order valence-electron chi connectivity index (χ1n) is 13.6. The van der Waals surface area contributed by atoms with Crippen molar-refractivity contribution >= 4 is 58.9 Å². The van der Waals surface area contributed by atoms with Crippen LogP contribution in [0, 0.1) is 60.7 Å². The Bertz CT molecular complexity index is 2210. The number of non-ortho nitro benzene ring substituents is 2. The number of aromatic nitrogens is 4. The molecule has 31 heteroatoms. The van der Waals surface area contributed by atoms with Crippen molar-refractivity contribution in [2.45, 2.75) is 24.5 Å². The van der Waals surface area contributed by atoms with Crippen molar-refractivity contribution in [3.63, 3.8) is 0 Å². The number of imidazole rings is 1. The monoisotopic (exact) mass is 769 g/mol. The van der Waals surface area contributed by atoms with Gasteiger partial charge in [0.25, 0.3) is 22.9 Å². The summed E-state index contributed by atoms with van der Waals surface area (Å²) in [5, 5.41) is 71.2. The average molecular weight is 769 g/mol. The molecule has 1 saturated heterocycles. The fourth-order valence-corrected chi connectivity index (χ4v) is 5.34. The molecule has 4 aromatic rings. The summed E-state index contributed by atoms with van der Waals surface area (Å²) in [7, 11) is -5.43. The van der Waals surface area contributed by atoms with Crippen molar-refractivity contribution in [3.05, 3.63) is 97.6 Å². The molecule has 4 N–H and O–H groups in total. The van der Waals surface area contributed by atoms with Crippen LogP contribution in [0.5, 0.6) is 11.5 Å². The van der Waals surface area contributed by atoms with Gasteiger partial charge in [-0.2, -0.15) is 0 Å². The van der Waals surface area contributed by atoms with Gasteiger partial charge in [0.05, 0.1) is 66.7 Å². The number of nitrogen functional groups attached to an aromatic ring is 1. The molecule has 5 rings (SSSR count). The second kappa shape index (κ2) is 13.9. The summed E-state index contributed by atoms with van der Waals surface area (Å²) in [5.74, 6) is -2.93. The van der Waals surface area contributed by atoms with Gasteiger partial charge in [-0.25, -0.2) is 19.5 Å². The summed E-state index contributed by atoms with van der Waals surface area (Å²) in [4.78, 5) is 94.1. The maximum Gasteiger partial charge on any atom is 0.469 e. The van der Waals surface area contributed by atoms with Gasteiger partial charge in [0.15, 0.2) is 29.9 Å². The van der Waals surface area contributed by atoms with E-state index in [9.17, 15) is 75.0 Å². The normalized spacial score (nSPS) is 18.4. The number of nitro benzene ring substituents is 6. The highest BCUT2D eigenvalue weighted by atomic mass is 31.2. The Morgan fingerprint density at radius 1 is 0.736 bits per heavy atom. The Labute approximate surface area is 287 Å². The maximum absolute atomic E-state index is 12.1. The number of phosphoric acid groups is 1. The summed E-state index contributed by atoms with van der Waals surface area (Å²) >= 11 is 0. The lowest BCUT2D eigenvalue weighted by Gasteiger charge is -2.26. The number of fused-ring (bicyclic) bond motifs is 1. The lowest BCUT2D eigenvalue weighted by Crippen LogP contribution is -2.42. The highest BCUT2D eigenvalue weighted by molar-refractivity contribution is 7.46. The van der Waals surface area contributed by atoms with Crippen LogP contribution < -0.4 is 15.2 Å². The maximum atomic E-state index is 12.1. The van der Waals surface area contributed by atoms with Gasteiger partial charge in [0.2, 0.25) is 0 Å². The van der Waals surface area contributed by atoms with E-state index in [1.165, 1.54) is 0 Å². The lowest BCUT2D eigenvalue weighted by molar-refractivity contribution is -0.405. The molecule has 0 unspecified atom stereocenters. The molecule has 1 fully saturated rings. The van der Waals surface area contributed by atoms with Crippen molar-refractivity contribution in [1.29, 1.82) is 0 Å². The first-order valence-corrected chi connectivity index (χ1v) is 15.2. The molecule has 278 valence electrons. The van der Waals surface area contributed by atoms with Crippen LogP contribution in [-0.4, -0.2) is 83.8 Å². The van der Waals surface area contributed by atoms with E-state index in [-0.39, 0.29) is 41.2 Å². The zero-order valence-corrected chi connectivity index (χ0v) is 26.2. The van der Waals surface area contributed by atoms with E-state index in [1.807, 2.05) is 0 Å². The van der Waals surface area contributed by atoms with E-state index in [4.69, 9.17) is 19.9 Å². The summed E-state index contributed by atoms with van der Waals surface area (Å²) < 4.78 is 34.4. The van der Waals surface area contributed by atoms with E-state index in [1.54, 1.807) is 0 Å². The van der Waals surface area contributed by atoms with Gasteiger partial charge in [0, 0.05) is 0 Å². The third-order valence-corrected chi connectivity index (χ3v) is 7.62. The van der Waals surface area contributed by atoms with Gasteiger partial charge in [0.1, 0.15) is 17.9 Å². The number of hydrogen-bond acceptors (Lipinski definition) is 21. The SMILES string of the molecule is Nc1ncnc2c1ncn2[C@@H]1O[C@H](COP(=O)(O)O)[C@@H](Oc2c([N+](=O)[O-])cc([N+](=O)[O-])cc2[N+](=O)[O-])[C@H]1Oc1c([N+](=O)[O-])cc([N+](=O)[O-])cc1[N+](=O)[O-]. The highest BCUT2D eigenvalue weighted by Crippen LogP contribution is 2.48. The van der Waals surface area contributed by atoms with Crippen LogP contribution in [0.3, 0.4) is 0 Å². The Morgan fingerprint density at radius 2 is 1.19 bits per heavy atom. The number of nitro groups is 6. The van der Waals surface area contributed by atoms with Gasteiger partial charge < -0.3 is 29.7 Å². The number of ether oxygens (including phenoxy) is 3. The Balaban J connectivity index is 1.81. The highest BCUT2D eigenvalue weighted by Gasteiger charge is 2.53. The van der Waals surface area contributed by atoms with Gasteiger partial charge >= 0.3 is 30.6 Å². The van der Waals surface area contributed by atoms with Crippen molar-refractivity contribution in [2.75, 3.05) is 12.3 Å². The molecule has 2 aromatic carbocycles. The molecule has 4 atom stereocenters. The number of nitrogens with two attached hydrogens (primary N) is 1. The van der Waals surface area contributed by atoms with Crippen LogP contribution in [0.4, 0.5) is 39.9 Å². The number of anilines is 1. The van der Waals surface area contributed by atoms with E-state index >= 15 is 0 Å². The number of hydrogen-bond donors (Lipinski definition) is 3. The minimum atomic E-state index is -5.43. The van der Waals surface area contributed by atoms with E-state index < -0.39 is 114 Å². The molecule has 0 spiro atoms. The fourth-order valence-electron chi connectivity index (χ4n) is 5.00. The predicted molar refractivity (Wildman–Crippen MR) is 163 cm³/mol. The fraction of sp³-hybridized carbons (Fsp3) is 0.227. The zero-order chi connectivity index (χ0) is 39.1. The molecule has 1 aliphatic heterocycles. The Hall–Kier alpha value is -7.14. The summed E-state index contributed by atoms with van der Waals surface area (Å²) in [5.41, 5.74) is -2.52. The third-order valence-electron chi connectivity index (χ3n) is 7.14. The van der Waals surface area contributed by atoms with Gasteiger partial charge in [-0.1, -0.05) is 0 Å². The summed E-state index contributed by atoms with van der Waals surface area (Å²) in [6.45, 7) is -1.27. The van der Waals surface area contributed by atoms with Crippen LogP contribution in [0.1, 0.15) is 6.23 Å². The van der Waals surface area contributed by atoms with Crippen molar-refractivity contribution in [2.24, 2.45) is 0 Å². The van der Waals surface area contributed by atoms with Gasteiger partial charge in [-0.3, -0.25) is 69.8 Å². The zero-order valence-electron chi connectivity index (χ0n) is 25.3. The van der Waals surface area contributed by atoms with Crippen molar-refractivity contribution in [1.82, 2.24) is 19.5 Å². The van der Waals surface area contributed by atoms with Crippen LogP contribution in [0.15, 0.2) is 36.9 Å². The number of benzene rings is 2. The number of rotatable bonds is 14. The van der Waals surface area contributed by atoms with Gasteiger partial charge in [-0.05, 0) is 0 Å². The molecular formula is C22H16N11O19P. The smallest absolute Gasteiger partial charge is 0.469 e. The van der Waals surface area contributed by atoms with Crippen LogP contribution in [-0.2, 0) is 13.8 Å². The predicted octanol–water partition coefficient (Wildman–Crippen LogP) is 1.76. The molecule has 1 aliphatic rings. The minimum absolute atomic E-state index is 0.142. The van der Waals surface area contributed by atoms with E-state index in [0.29, 0.717) is 0 Å². The molecule has 0 aliphatic carbocycles. The molecule has 2 aromatic heterocycles. The van der Waals surface area contributed by atoms with Crippen molar-refractivity contribution in [3.8, 4) is 11.5 Å². The van der Waals surface area contributed by atoms with Crippen LogP contribution in [0.2, 0.25) is 0 Å². The van der Waals surface area contributed by atoms with Crippen LogP contribution >= 0.6 is 7.82 Å². The van der Waals surface area contributed by atoms with E-state index in [0.717, 1.165) is 17.2 Å². The minimum Gasteiger partial charge on any atom is -0.472 e. The first kappa shape index (κ1) is 37.1. The third kappa shape index (κ3) is 7.35. The van der Waals surface area contributed by atoms with Gasteiger partial charge in [-0.15, -0.1) is 0 Å². The molecule has 30 nitrogen and oxygen atoms in total. The number of phosphoric ester groups is 1. The quantitative estimate of drug-likeness (QED) is 0.0933. The Morgan fingerprint density at radius 3 is 1.60 bits per heavy atom. The largest absolute Gasteiger partial charge is 0.472 e. The number of nitrogens with zero attached hydrogens (tertiary/aromatic N) is 10. The average Bonchev–Trinajstić information content (AvgIpc) is 3.64. The van der Waals surface area contributed by atoms with Crippen molar-refractivity contribution < 1.29 is 62.6 Å². The van der Waals surface area contributed by atoms with E-state index in [2.05, 4.69) is 19.5 Å². The summed E-state index contributed by atoms with van der Waals surface area (Å²) in [6, 6.07) is 1.04. The molecule has 0 amide bonds. The lowest BCUT2D eigenvalue weighted by atomic mass is 10.1. The molecule has 0 radical (unpaired) electrons. The molecular weight excluding hydrogens is 753 g/mol. The second-order valence-electron chi connectivity index (χ2n) is 10.3. The first-order chi connectivity index (χ1) is 24.8. The summed E-state index contributed by atoms with van der Waals surface area (Å²) in [6.07, 6.45) is -6.62. The van der Waals surface area contributed by atoms with Crippen LogP contribution in [0.25, 0.3) is 11.2 Å². The molecule has 0 saturated carbocycles. The molecule has 3 heterocycles. The topological polar surface area (TPSA) is 423 Å². The Kier molecular flexibility index (Phi) is 9.72. The second-order valence-corrected chi connectivity index (χ2v) is 11.5.